The number of carbonyl (C=O) groups excluding carboxylic acids is 1. The molecular weight excluding hydrogens is 284 g/mol. The average molecular weight is 302 g/mol. The minimum Gasteiger partial charge on any atom is -0.392 e. The van der Waals surface area contributed by atoms with E-state index in [9.17, 15) is 9.90 Å². The quantitative estimate of drug-likeness (QED) is 0.846. The zero-order valence-electron chi connectivity index (χ0n) is 12.3. The van der Waals surface area contributed by atoms with Gasteiger partial charge < -0.3 is 14.7 Å². The van der Waals surface area contributed by atoms with Crippen LogP contribution in [-0.4, -0.2) is 52.4 Å². The van der Waals surface area contributed by atoms with E-state index in [1.54, 1.807) is 18.5 Å². The van der Waals surface area contributed by atoms with Crippen molar-refractivity contribution in [2.45, 2.75) is 19.6 Å². The number of hydrogen-bond acceptors (Lipinski definition) is 6. The second kappa shape index (κ2) is 6.25. The third kappa shape index (κ3) is 2.60. The lowest BCUT2D eigenvalue weighted by molar-refractivity contribution is -0.00892. The van der Waals surface area contributed by atoms with Crippen LogP contribution in [0.15, 0.2) is 24.5 Å². The van der Waals surface area contributed by atoms with E-state index in [1.165, 1.54) is 4.80 Å². The molecule has 3 rings (SSSR count). The number of carbonyl (C=O) groups is 1. The third-order valence-electron chi connectivity index (χ3n) is 3.68. The van der Waals surface area contributed by atoms with Crippen molar-refractivity contribution in [2.75, 3.05) is 24.7 Å². The molecule has 1 aliphatic heterocycles. The predicted molar refractivity (Wildman–Crippen MR) is 80.3 cm³/mol. The van der Waals surface area contributed by atoms with E-state index < -0.39 is 6.23 Å². The number of ether oxygens (including phenoxy) is 1. The molecule has 0 amide bonds. The highest BCUT2D eigenvalue weighted by molar-refractivity contribution is 5.86. The van der Waals surface area contributed by atoms with Gasteiger partial charge in [0.1, 0.15) is 5.69 Å². The van der Waals surface area contributed by atoms with Gasteiger partial charge in [0.25, 0.3) is 0 Å². The molecule has 0 radical (unpaired) electrons. The van der Waals surface area contributed by atoms with Crippen LogP contribution >= 0.6 is 0 Å². The molecule has 7 nitrogen and oxygen atoms in total. The number of anilines is 1. The van der Waals surface area contributed by atoms with E-state index in [0.717, 1.165) is 30.5 Å². The first-order valence-electron chi connectivity index (χ1n) is 7.20. The number of hydrogen-bond donors (Lipinski definition) is 1. The van der Waals surface area contributed by atoms with Gasteiger partial charge in [-0.15, -0.1) is 4.80 Å². The molecule has 7 heteroatoms. The van der Waals surface area contributed by atoms with Crippen LogP contribution in [0.2, 0.25) is 0 Å². The SMILES string of the molecule is Cc1cc(C=O)c(-n2nccn2)c(N2CCCOC2CO)c1. The molecule has 1 unspecified atom stereocenters. The second-order valence-electron chi connectivity index (χ2n) is 5.21. The lowest BCUT2D eigenvalue weighted by atomic mass is 10.1. The second-order valence-corrected chi connectivity index (χ2v) is 5.21. The van der Waals surface area contributed by atoms with E-state index in [2.05, 4.69) is 10.2 Å². The summed E-state index contributed by atoms with van der Waals surface area (Å²) in [7, 11) is 0. The molecule has 0 bridgehead atoms. The highest BCUT2D eigenvalue weighted by Crippen LogP contribution is 2.31. The number of nitrogens with zero attached hydrogens (tertiary/aromatic N) is 4. The van der Waals surface area contributed by atoms with Gasteiger partial charge in [-0.2, -0.15) is 10.2 Å². The largest absolute Gasteiger partial charge is 0.392 e. The number of aliphatic hydroxyl groups excluding tert-OH is 1. The van der Waals surface area contributed by atoms with Crippen molar-refractivity contribution in [1.29, 1.82) is 0 Å². The van der Waals surface area contributed by atoms with Gasteiger partial charge >= 0.3 is 0 Å². The topological polar surface area (TPSA) is 80.5 Å². The van der Waals surface area contributed by atoms with Crippen molar-refractivity contribution < 1.29 is 14.6 Å². The van der Waals surface area contributed by atoms with Crippen LogP contribution in [0.1, 0.15) is 22.3 Å². The van der Waals surface area contributed by atoms with Gasteiger partial charge in [-0.05, 0) is 31.0 Å². The molecule has 0 spiro atoms. The van der Waals surface area contributed by atoms with E-state index in [0.29, 0.717) is 17.9 Å². The monoisotopic (exact) mass is 302 g/mol. The molecule has 1 aromatic carbocycles. The molecule has 1 N–H and O–H groups in total. The van der Waals surface area contributed by atoms with Crippen molar-refractivity contribution >= 4 is 12.0 Å². The van der Waals surface area contributed by atoms with E-state index in [4.69, 9.17) is 4.74 Å². The fourth-order valence-electron chi connectivity index (χ4n) is 2.76. The Kier molecular flexibility index (Phi) is 4.17. The first-order valence-corrected chi connectivity index (χ1v) is 7.20. The van der Waals surface area contributed by atoms with Gasteiger partial charge in [0.05, 0.1) is 31.3 Å². The molecule has 1 saturated heterocycles. The Bertz CT molecular complexity index is 657. The molecule has 2 heterocycles. The first kappa shape index (κ1) is 14.7. The molecule has 22 heavy (non-hydrogen) atoms. The molecule has 0 aliphatic carbocycles. The van der Waals surface area contributed by atoms with E-state index in [1.807, 2.05) is 17.9 Å². The zero-order chi connectivity index (χ0) is 15.5. The van der Waals surface area contributed by atoms with Crippen molar-refractivity contribution in [2.24, 2.45) is 0 Å². The van der Waals surface area contributed by atoms with Crippen LogP contribution in [-0.2, 0) is 4.74 Å². The van der Waals surface area contributed by atoms with Crippen LogP contribution in [0.5, 0.6) is 0 Å². The molecule has 1 atom stereocenters. The summed E-state index contributed by atoms with van der Waals surface area (Å²) in [5, 5.41) is 17.9. The van der Waals surface area contributed by atoms with Crippen molar-refractivity contribution in [1.82, 2.24) is 15.0 Å². The summed E-state index contributed by atoms with van der Waals surface area (Å²) in [5.41, 5.74) is 2.86. The summed E-state index contributed by atoms with van der Waals surface area (Å²) in [6.45, 7) is 3.16. The summed E-state index contributed by atoms with van der Waals surface area (Å²) < 4.78 is 5.62. The van der Waals surface area contributed by atoms with Gasteiger partial charge in [0.2, 0.25) is 0 Å². The van der Waals surface area contributed by atoms with Crippen molar-refractivity contribution in [3.8, 4) is 5.69 Å². The summed E-state index contributed by atoms with van der Waals surface area (Å²) in [6, 6.07) is 3.76. The normalized spacial score (nSPS) is 18.5. The maximum Gasteiger partial charge on any atom is 0.153 e. The van der Waals surface area contributed by atoms with Crippen LogP contribution in [0.25, 0.3) is 5.69 Å². The van der Waals surface area contributed by atoms with Gasteiger partial charge in [-0.25, -0.2) is 0 Å². The van der Waals surface area contributed by atoms with Crippen LogP contribution in [0, 0.1) is 6.92 Å². The standard InChI is InChI=1S/C15H18N4O3/c1-11-7-12(9-20)15(19-16-3-4-17-19)13(8-11)18-5-2-6-22-14(18)10-21/h3-4,7-9,14,21H,2,5-6,10H2,1H3. The Balaban J connectivity index is 2.17. The highest BCUT2D eigenvalue weighted by atomic mass is 16.5. The first-order chi connectivity index (χ1) is 10.7. The number of aldehydes is 1. The number of aryl methyl sites for hydroxylation is 1. The average Bonchev–Trinajstić information content (AvgIpc) is 3.07. The minimum atomic E-state index is -0.427. The Morgan fingerprint density at radius 3 is 2.86 bits per heavy atom. The summed E-state index contributed by atoms with van der Waals surface area (Å²) >= 11 is 0. The summed E-state index contributed by atoms with van der Waals surface area (Å²) in [4.78, 5) is 14.9. The van der Waals surface area contributed by atoms with Crippen LogP contribution < -0.4 is 4.90 Å². The number of aliphatic hydroxyl groups is 1. The molecule has 1 aromatic heterocycles. The Morgan fingerprint density at radius 2 is 2.18 bits per heavy atom. The number of benzene rings is 1. The van der Waals surface area contributed by atoms with Crippen molar-refractivity contribution in [3.63, 3.8) is 0 Å². The zero-order valence-corrected chi connectivity index (χ0v) is 12.3. The molecular formula is C15H18N4O3. The molecule has 1 aliphatic rings. The maximum atomic E-state index is 11.5. The third-order valence-corrected chi connectivity index (χ3v) is 3.68. The van der Waals surface area contributed by atoms with Gasteiger partial charge in [-0.3, -0.25) is 4.79 Å². The van der Waals surface area contributed by atoms with E-state index in [-0.39, 0.29) is 6.61 Å². The van der Waals surface area contributed by atoms with Crippen LogP contribution in [0.3, 0.4) is 0 Å². The van der Waals surface area contributed by atoms with Crippen molar-refractivity contribution in [3.05, 3.63) is 35.7 Å². The predicted octanol–water partition coefficient (Wildman–Crippen LogP) is 0.933. The molecule has 2 aromatic rings. The molecule has 116 valence electrons. The summed E-state index contributed by atoms with van der Waals surface area (Å²) in [5.74, 6) is 0. The lowest BCUT2D eigenvalue weighted by Gasteiger charge is -2.37. The maximum absolute atomic E-state index is 11.5. The number of rotatable bonds is 4. The fraction of sp³-hybridized carbons (Fsp3) is 0.400. The number of aromatic nitrogens is 3. The fourth-order valence-corrected chi connectivity index (χ4v) is 2.76. The molecule has 1 fully saturated rings. The Hall–Kier alpha value is -2.25. The minimum absolute atomic E-state index is 0.115. The van der Waals surface area contributed by atoms with Gasteiger partial charge in [0, 0.05) is 12.1 Å². The van der Waals surface area contributed by atoms with Crippen LogP contribution in [0.4, 0.5) is 5.69 Å². The van der Waals surface area contributed by atoms with Gasteiger partial charge in [-0.1, -0.05) is 0 Å². The van der Waals surface area contributed by atoms with Gasteiger partial charge in [0.15, 0.2) is 12.5 Å². The van der Waals surface area contributed by atoms with E-state index >= 15 is 0 Å². The highest BCUT2D eigenvalue weighted by Gasteiger charge is 2.27. The summed E-state index contributed by atoms with van der Waals surface area (Å²) in [6.07, 6.45) is 4.35. The Labute approximate surface area is 128 Å². The smallest absolute Gasteiger partial charge is 0.153 e. The lowest BCUT2D eigenvalue weighted by Crippen LogP contribution is -2.45. The molecule has 0 saturated carbocycles. The Morgan fingerprint density at radius 1 is 1.41 bits per heavy atom.